The fourth-order valence-electron chi connectivity index (χ4n) is 7.01. The summed E-state index contributed by atoms with van der Waals surface area (Å²) in [7, 11) is 0. The molecule has 16 nitrogen and oxygen atoms in total. The predicted octanol–water partition coefficient (Wildman–Crippen LogP) is 6.98. The van der Waals surface area contributed by atoms with Crippen molar-refractivity contribution in [3.8, 4) is 34.3 Å². The number of hydrogen-bond donors (Lipinski definition) is 2. The van der Waals surface area contributed by atoms with Crippen molar-refractivity contribution >= 4 is 33.2 Å². The summed E-state index contributed by atoms with van der Waals surface area (Å²) in [5.74, 6) is 1.63. The summed E-state index contributed by atoms with van der Waals surface area (Å²) in [6.45, 7) is 20.3. The molecule has 0 radical (unpaired) electrons. The molecule has 62 heavy (non-hydrogen) atoms. The van der Waals surface area contributed by atoms with Gasteiger partial charge in [-0.25, -0.2) is 4.68 Å². The molecule has 334 valence electrons. The lowest BCUT2D eigenvalue weighted by Crippen LogP contribution is -2.43. The number of aromatic nitrogens is 8. The van der Waals surface area contributed by atoms with Gasteiger partial charge in [0.05, 0.1) is 49.7 Å². The number of benzene rings is 2. The summed E-state index contributed by atoms with van der Waals surface area (Å²) in [5.41, 5.74) is 2.29. The highest BCUT2D eigenvalue weighted by Gasteiger charge is 2.36. The lowest BCUT2D eigenvalue weighted by Gasteiger charge is -2.28. The summed E-state index contributed by atoms with van der Waals surface area (Å²) in [5, 5.41) is 24.3. The van der Waals surface area contributed by atoms with Gasteiger partial charge in [0.15, 0.2) is 0 Å². The summed E-state index contributed by atoms with van der Waals surface area (Å²) in [6.07, 6.45) is -4.96. The van der Waals surface area contributed by atoms with Crippen molar-refractivity contribution in [2.45, 2.75) is 80.4 Å². The maximum absolute atomic E-state index is 13.5. The van der Waals surface area contributed by atoms with Crippen molar-refractivity contribution in [3.63, 3.8) is 0 Å². The standard InChI is InChI=1S/C22H29N5O3.C19H20F3N5O3.C2H6/c1-14(2)13-27-22(28)20(26-7-9-29-10-8-26)12-19(25-27)21-17-11-16(30-15(3)4)5-6-18(17)23-24-21;1-11(2)30-12-3-4-14-13(9-12)17(24-23-14)15-10-16(26-5-7-29-8-6-26)18(28)27(25-15)19(20,21)22;1-2/h5-6,11-12,14-15H,7-10,13H2,1-4H3,(H,23,24);3-4,9-11H,5-8H2,1-2H3,(H,23,24);1-2H3. The monoisotopic (exact) mass is 864 g/mol. The molecule has 0 amide bonds. The van der Waals surface area contributed by atoms with Gasteiger partial charge >= 0.3 is 6.30 Å². The highest BCUT2D eigenvalue weighted by atomic mass is 19.4. The second kappa shape index (κ2) is 19.8. The Morgan fingerprint density at radius 1 is 0.661 bits per heavy atom. The Hall–Kier alpha value is -5.95. The van der Waals surface area contributed by atoms with Gasteiger partial charge in [-0.1, -0.05) is 27.7 Å². The highest BCUT2D eigenvalue weighted by Crippen LogP contribution is 2.32. The van der Waals surface area contributed by atoms with Crippen LogP contribution in [0.2, 0.25) is 0 Å². The highest BCUT2D eigenvalue weighted by molar-refractivity contribution is 5.94. The number of alkyl halides is 3. The molecule has 2 N–H and O–H groups in total. The van der Waals surface area contributed by atoms with Crippen LogP contribution in [0.1, 0.15) is 55.4 Å². The third-order valence-electron chi connectivity index (χ3n) is 9.63. The zero-order chi connectivity index (χ0) is 44.7. The first-order valence-electron chi connectivity index (χ1n) is 21.0. The molecular weight excluding hydrogens is 810 g/mol. The quantitative estimate of drug-likeness (QED) is 0.145. The summed E-state index contributed by atoms with van der Waals surface area (Å²) < 4.78 is 64.0. The number of fused-ring (bicyclic) bond motifs is 2. The lowest BCUT2D eigenvalue weighted by atomic mass is 10.1. The van der Waals surface area contributed by atoms with Crippen LogP contribution in [0.4, 0.5) is 24.5 Å². The fraction of sp³-hybridized carbons (Fsp3) is 0.488. The summed E-state index contributed by atoms with van der Waals surface area (Å²) in [6, 6.07) is 14.2. The van der Waals surface area contributed by atoms with Gasteiger partial charge in [0, 0.05) is 43.5 Å². The van der Waals surface area contributed by atoms with Crippen LogP contribution in [0.3, 0.4) is 0 Å². The number of H-pyrrole nitrogens is 2. The zero-order valence-corrected chi connectivity index (χ0v) is 36.4. The molecular formula is C43H55F3N10O6. The molecule has 4 aromatic heterocycles. The SMILES string of the molecule is CC.CC(C)Cn1nc(-c2n[nH]c3ccc(OC(C)C)cc23)cc(N2CCOCC2)c1=O.CC(C)Oc1ccc2[nH]nc(-c3cc(N4CCOCC4)c(=O)n(C(F)(F)F)n3)c2c1. The molecule has 6 heterocycles. The fourth-order valence-corrected chi connectivity index (χ4v) is 7.01. The molecule has 2 aromatic carbocycles. The first-order chi connectivity index (χ1) is 29.7. The number of hydrogen-bond acceptors (Lipinski definition) is 12. The normalized spacial score (nSPS) is 14.6. The van der Waals surface area contributed by atoms with Crippen molar-refractivity contribution in [2.24, 2.45) is 5.92 Å². The Morgan fingerprint density at radius 2 is 1.10 bits per heavy atom. The number of nitrogens with zero attached hydrogens (tertiary/aromatic N) is 8. The molecule has 0 spiro atoms. The smallest absolute Gasteiger partial charge is 0.491 e. The number of halogens is 3. The van der Waals surface area contributed by atoms with E-state index in [1.54, 1.807) is 27.8 Å². The molecule has 0 saturated carbocycles. The summed E-state index contributed by atoms with van der Waals surface area (Å²) >= 11 is 0. The van der Waals surface area contributed by atoms with E-state index in [-0.39, 0.29) is 34.8 Å². The molecule has 2 saturated heterocycles. The Morgan fingerprint density at radius 3 is 1.52 bits per heavy atom. The Balaban J connectivity index is 0.000000199. The molecule has 2 aliphatic heterocycles. The van der Waals surface area contributed by atoms with Crippen molar-refractivity contribution in [1.29, 1.82) is 0 Å². The maximum atomic E-state index is 13.5. The third-order valence-corrected chi connectivity index (χ3v) is 9.63. The van der Waals surface area contributed by atoms with Crippen LogP contribution in [0.5, 0.6) is 11.5 Å². The Labute approximate surface area is 356 Å². The molecule has 0 atom stereocenters. The van der Waals surface area contributed by atoms with Gasteiger partial charge in [-0.2, -0.15) is 20.4 Å². The average Bonchev–Trinajstić information content (AvgIpc) is 3.86. The van der Waals surface area contributed by atoms with E-state index < -0.39 is 16.5 Å². The van der Waals surface area contributed by atoms with Crippen LogP contribution in [-0.4, -0.2) is 105 Å². The van der Waals surface area contributed by atoms with Crippen LogP contribution < -0.4 is 30.4 Å². The van der Waals surface area contributed by atoms with E-state index >= 15 is 0 Å². The molecule has 0 bridgehead atoms. The van der Waals surface area contributed by atoms with E-state index in [4.69, 9.17) is 18.9 Å². The number of morpholine rings is 2. The second-order valence-electron chi connectivity index (χ2n) is 15.5. The van der Waals surface area contributed by atoms with E-state index in [9.17, 15) is 22.8 Å². The van der Waals surface area contributed by atoms with Gasteiger partial charge in [0.2, 0.25) is 0 Å². The topological polar surface area (TPSA) is 171 Å². The van der Waals surface area contributed by atoms with Crippen LogP contribution in [-0.2, 0) is 22.3 Å². The lowest BCUT2D eigenvalue weighted by molar-refractivity contribution is -0.215. The molecule has 6 aromatic rings. The predicted molar refractivity (Wildman–Crippen MR) is 232 cm³/mol. The average molecular weight is 865 g/mol. The molecule has 0 unspecified atom stereocenters. The molecule has 2 fully saturated rings. The maximum Gasteiger partial charge on any atom is 0.507 e. The molecule has 19 heteroatoms. The van der Waals surface area contributed by atoms with Gasteiger partial charge in [-0.05, 0) is 82.1 Å². The Kier molecular flexibility index (Phi) is 14.6. The van der Waals surface area contributed by atoms with E-state index in [2.05, 4.69) is 49.3 Å². The minimum absolute atomic E-state index is 0.0682. The van der Waals surface area contributed by atoms with Crippen LogP contribution in [0.25, 0.3) is 44.6 Å². The second-order valence-corrected chi connectivity index (χ2v) is 15.5. The van der Waals surface area contributed by atoms with E-state index in [0.717, 1.165) is 16.7 Å². The minimum atomic E-state index is -4.97. The van der Waals surface area contributed by atoms with Crippen molar-refractivity contribution in [2.75, 3.05) is 62.4 Å². The van der Waals surface area contributed by atoms with Gasteiger partial charge in [0.25, 0.3) is 11.1 Å². The van der Waals surface area contributed by atoms with Gasteiger partial charge in [-0.3, -0.25) is 19.8 Å². The Bertz CT molecular complexity index is 2550. The minimum Gasteiger partial charge on any atom is -0.491 e. The van der Waals surface area contributed by atoms with Gasteiger partial charge in [0.1, 0.15) is 45.6 Å². The van der Waals surface area contributed by atoms with E-state index in [1.807, 2.05) is 65.8 Å². The molecule has 8 rings (SSSR count). The first kappa shape index (κ1) is 45.6. The van der Waals surface area contributed by atoms with Gasteiger partial charge < -0.3 is 28.7 Å². The van der Waals surface area contributed by atoms with Crippen LogP contribution in [0, 0.1) is 5.92 Å². The van der Waals surface area contributed by atoms with Crippen molar-refractivity contribution < 1.29 is 32.1 Å². The number of rotatable bonds is 10. The summed E-state index contributed by atoms with van der Waals surface area (Å²) in [4.78, 5) is 29.3. The zero-order valence-electron chi connectivity index (χ0n) is 36.4. The van der Waals surface area contributed by atoms with E-state index in [0.29, 0.717) is 98.8 Å². The first-order valence-corrected chi connectivity index (χ1v) is 21.0. The number of aromatic amines is 2. The number of anilines is 2. The third kappa shape index (κ3) is 10.6. The largest absolute Gasteiger partial charge is 0.507 e. The number of ether oxygens (including phenoxy) is 4. The van der Waals surface area contributed by atoms with Crippen molar-refractivity contribution in [3.05, 3.63) is 69.2 Å². The van der Waals surface area contributed by atoms with Crippen LogP contribution in [0.15, 0.2) is 58.1 Å². The number of nitrogens with one attached hydrogen (secondary N) is 2. The molecule has 0 aliphatic carbocycles. The van der Waals surface area contributed by atoms with Crippen molar-refractivity contribution in [1.82, 2.24) is 40.0 Å². The molecule has 2 aliphatic rings. The van der Waals surface area contributed by atoms with Gasteiger partial charge in [-0.15, -0.1) is 17.9 Å². The van der Waals surface area contributed by atoms with E-state index in [1.165, 1.54) is 6.07 Å². The van der Waals surface area contributed by atoms with Crippen LogP contribution >= 0.6 is 0 Å².